The summed E-state index contributed by atoms with van der Waals surface area (Å²) in [5.41, 5.74) is 0.870. The van der Waals surface area contributed by atoms with Crippen molar-refractivity contribution in [1.82, 2.24) is 19.5 Å². The molecule has 160 valence electrons. The number of fused-ring (bicyclic) bond motifs is 1. The first-order valence-electron chi connectivity index (χ1n) is 9.43. The topological polar surface area (TPSA) is 115 Å². The third-order valence-electron chi connectivity index (χ3n) is 5.21. The van der Waals surface area contributed by atoms with E-state index in [9.17, 15) is 23.4 Å². The second kappa shape index (κ2) is 8.01. The maximum absolute atomic E-state index is 12.3. The minimum Gasteiger partial charge on any atom is -0.387 e. The average Bonchev–Trinajstić information content (AvgIpc) is 3.37. The molecule has 1 aliphatic heterocycles. The van der Waals surface area contributed by atoms with Crippen molar-refractivity contribution in [1.29, 1.82) is 0 Å². The number of halogens is 3. The average molecular weight is 417 g/mol. The van der Waals surface area contributed by atoms with Gasteiger partial charge in [-0.25, -0.2) is 15.0 Å². The molecule has 0 bridgehead atoms. The van der Waals surface area contributed by atoms with E-state index in [1.54, 1.807) is 0 Å². The van der Waals surface area contributed by atoms with Crippen molar-refractivity contribution in [3.63, 3.8) is 0 Å². The minimum atomic E-state index is -4.48. The second-order valence-electron chi connectivity index (χ2n) is 7.35. The Labute approximate surface area is 163 Å². The lowest BCUT2D eigenvalue weighted by Gasteiger charge is -2.17. The Morgan fingerprint density at radius 1 is 1.17 bits per heavy atom. The number of imidazole rings is 1. The second-order valence-corrected chi connectivity index (χ2v) is 7.35. The number of aromatic nitrogens is 4. The van der Waals surface area contributed by atoms with Gasteiger partial charge in [0.25, 0.3) is 0 Å². The molecule has 1 aliphatic carbocycles. The van der Waals surface area contributed by atoms with E-state index in [1.165, 1.54) is 17.2 Å². The van der Waals surface area contributed by atoms with E-state index in [4.69, 9.17) is 4.74 Å². The summed E-state index contributed by atoms with van der Waals surface area (Å²) in [6.07, 6.45) is -2.31. The van der Waals surface area contributed by atoms with Crippen molar-refractivity contribution < 1.29 is 32.9 Å². The Kier molecular flexibility index (Phi) is 5.60. The molecule has 3 N–H and O–H groups in total. The molecule has 9 nitrogen and oxygen atoms in total. The van der Waals surface area contributed by atoms with Crippen LogP contribution in [0.1, 0.15) is 31.9 Å². The van der Waals surface area contributed by atoms with Crippen LogP contribution in [0.5, 0.6) is 0 Å². The zero-order chi connectivity index (χ0) is 20.6. The van der Waals surface area contributed by atoms with Crippen molar-refractivity contribution in [2.24, 2.45) is 0 Å². The van der Waals surface area contributed by atoms with Gasteiger partial charge in [-0.1, -0.05) is 12.8 Å². The quantitative estimate of drug-likeness (QED) is 0.646. The van der Waals surface area contributed by atoms with E-state index >= 15 is 0 Å². The van der Waals surface area contributed by atoms with E-state index in [0.29, 0.717) is 23.0 Å². The standard InChI is InChI=1S/C17H22F3N5O4/c18-17(19,20)6-28-5-10-12(26)13(27)16(29-10)25-8-23-11-14(21-7-22-15(11)25)24-9-3-1-2-4-9/h7-10,12-13,16,26-27H,1-6H2,(H,21,22,24)/t10-,12?,13?,16-/m1/s1. The van der Waals surface area contributed by atoms with Gasteiger partial charge in [-0.3, -0.25) is 4.57 Å². The summed E-state index contributed by atoms with van der Waals surface area (Å²) in [6.45, 7) is -1.97. The molecule has 2 fully saturated rings. The van der Waals surface area contributed by atoms with Crippen LogP contribution in [0.2, 0.25) is 0 Å². The third kappa shape index (κ3) is 4.29. The summed E-state index contributed by atoms with van der Waals surface area (Å²) < 4.78 is 48.3. The lowest BCUT2D eigenvalue weighted by molar-refractivity contribution is -0.184. The highest BCUT2D eigenvalue weighted by molar-refractivity contribution is 5.82. The number of rotatable bonds is 6. The summed E-state index contributed by atoms with van der Waals surface area (Å²) in [6, 6.07) is 0.309. The Hall–Kier alpha value is -2.02. The van der Waals surface area contributed by atoms with Crippen molar-refractivity contribution in [3.05, 3.63) is 12.7 Å². The fraction of sp³-hybridized carbons (Fsp3) is 0.706. The van der Waals surface area contributed by atoms with Crippen molar-refractivity contribution in [3.8, 4) is 0 Å². The number of hydrogen-bond acceptors (Lipinski definition) is 8. The molecule has 0 amide bonds. The van der Waals surface area contributed by atoms with E-state index in [1.807, 2.05) is 0 Å². The minimum absolute atomic E-state index is 0.309. The van der Waals surface area contributed by atoms with Crippen LogP contribution in [-0.4, -0.2) is 73.5 Å². The summed E-state index contributed by atoms with van der Waals surface area (Å²) >= 11 is 0. The van der Waals surface area contributed by atoms with E-state index in [-0.39, 0.29) is 0 Å². The van der Waals surface area contributed by atoms with Gasteiger partial charge < -0.3 is 25.0 Å². The fourth-order valence-corrected chi connectivity index (χ4v) is 3.79. The van der Waals surface area contributed by atoms with Gasteiger partial charge in [0, 0.05) is 6.04 Å². The molecule has 29 heavy (non-hydrogen) atoms. The molecule has 1 saturated carbocycles. The smallest absolute Gasteiger partial charge is 0.387 e. The Morgan fingerprint density at radius 2 is 1.93 bits per heavy atom. The van der Waals surface area contributed by atoms with Crippen LogP contribution >= 0.6 is 0 Å². The summed E-state index contributed by atoms with van der Waals surface area (Å²) in [5.74, 6) is 0.568. The summed E-state index contributed by atoms with van der Waals surface area (Å²) in [5, 5.41) is 23.9. The number of ether oxygens (including phenoxy) is 2. The number of nitrogens with zero attached hydrogens (tertiary/aromatic N) is 4. The van der Waals surface area contributed by atoms with E-state index < -0.39 is 43.9 Å². The normalized spacial score (nSPS) is 28.4. The largest absolute Gasteiger partial charge is 0.411 e. The van der Waals surface area contributed by atoms with E-state index in [2.05, 4.69) is 25.0 Å². The van der Waals surface area contributed by atoms with Crippen molar-refractivity contribution in [2.45, 2.75) is 62.4 Å². The van der Waals surface area contributed by atoms with Crippen molar-refractivity contribution in [2.75, 3.05) is 18.5 Å². The summed E-state index contributed by atoms with van der Waals surface area (Å²) in [4.78, 5) is 12.7. The van der Waals surface area contributed by atoms with Crippen LogP contribution in [0, 0.1) is 0 Å². The predicted octanol–water partition coefficient (Wildman–Crippen LogP) is 1.38. The van der Waals surface area contributed by atoms with Gasteiger partial charge >= 0.3 is 6.18 Å². The third-order valence-corrected chi connectivity index (χ3v) is 5.21. The van der Waals surface area contributed by atoms with Crippen molar-refractivity contribution >= 4 is 17.0 Å². The number of hydrogen-bond donors (Lipinski definition) is 3. The van der Waals surface area contributed by atoms with Crippen LogP contribution in [0.15, 0.2) is 12.7 Å². The maximum Gasteiger partial charge on any atom is 0.411 e. The van der Waals surface area contributed by atoms with Crippen LogP contribution < -0.4 is 5.32 Å². The predicted molar refractivity (Wildman–Crippen MR) is 94.0 cm³/mol. The van der Waals surface area contributed by atoms with Crippen LogP contribution in [0.3, 0.4) is 0 Å². The molecule has 0 aromatic carbocycles. The van der Waals surface area contributed by atoms with Crippen LogP contribution in [-0.2, 0) is 9.47 Å². The Bertz CT molecular complexity index is 842. The van der Waals surface area contributed by atoms with Crippen LogP contribution in [0.25, 0.3) is 11.2 Å². The highest BCUT2D eigenvalue weighted by Crippen LogP contribution is 2.33. The summed E-state index contributed by atoms with van der Waals surface area (Å²) in [7, 11) is 0. The highest BCUT2D eigenvalue weighted by atomic mass is 19.4. The molecule has 0 radical (unpaired) electrons. The number of nitrogens with one attached hydrogen (secondary N) is 1. The molecular formula is C17H22F3N5O4. The Balaban J connectivity index is 1.50. The van der Waals surface area contributed by atoms with Gasteiger partial charge in [0.15, 0.2) is 23.2 Å². The number of aliphatic hydroxyl groups is 2. The molecule has 2 aliphatic rings. The molecule has 0 spiro atoms. The Morgan fingerprint density at radius 3 is 2.66 bits per heavy atom. The molecule has 4 atom stereocenters. The van der Waals surface area contributed by atoms with Gasteiger partial charge in [-0.2, -0.15) is 13.2 Å². The molecule has 2 aromatic heterocycles. The number of alkyl halides is 3. The van der Waals surface area contributed by atoms with Gasteiger partial charge in [0.05, 0.1) is 12.9 Å². The van der Waals surface area contributed by atoms with Gasteiger partial charge in [0.1, 0.15) is 31.2 Å². The van der Waals surface area contributed by atoms with Gasteiger partial charge in [-0.05, 0) is 12.8 Å². The van der Waals surface area contributed by atoms with Gasteiger partial charge in [0.2, 0.25) is 0 Å². The number of anilines is 1. The molecular weight excluding hydrogens is 395 g/mol. The lowest BCUT2D eigenvalue weighted by atomic mass is 10.1. The molecule has 2 aromatic rings. The maximum atomic E-state index is 12.3. The molecule has 12 heteroatoms. The molecule has 4 rings (SSSR count). The first-order chi connectivity index (χ1) is 13.8. The SMILES string of the molecule is OC1C(O)[C@@H](COCC(F)(F)F)O[C@H]1n1cnc2c(NC3CCCC3)ncnc21. The van der Waals surface area contributed by atoms with E-state index in [0.717, 1.165) is 25.7 Å². The number of aliphatic hydroxyl groups excluding tert-OH is 2. The zero-order valence-electron chi connectivity index (χ0n) is 15.4. The fourth-order valence-electron chi connectivity index (χ4n) is 3.79. The molecule has 1 saturated heterocycles. The monoisotopic (exact) mass is 417 g/mol. The van der Waals surface area contributed by atoms with Crippen LogP contribution in [0.4, 0.5) is 19.0 Å². The lowest BCUT2D eigenvalue weighted by Crippen LogP contribution is -2.34. The van der Waals surface area contributed by atoms with Gasteiger partial charge in [-0.15, -0.1) is 0 Å². The molecule has 2 unspecified atom stereocenters. The highest BCUT2D eigenvalue weighted by Gasteiger charge is 2.45. The zero-order valence-corrected chi connectivity index (χ0v) is 15.4. The first-order valence-corrected chi connectivity index (χ1v) is 9.43. The molecule has 3 heterocycles. The first kappa shape index (κ1) is 20.3.